The Labute approximate surface area is 116 Å². The van der Waals surface area contributed by atoms with Gasteiger partial charge in [0.2, 0.25) is 5.91 Å². The number of hydrogen-bond donors (Lipinski definition) is 0. The molecule has 1 amide bonds. The maximum atomic E-state index is 13.4. The zero-order valence-electron chi connectivity index (χ0n) is 9.88. The molecule has 0 radical (unpaired) electrons. The Morgan fingerprint density at radius 2 is 2.00 bits per heavy atom. The Kier molecular flexibility index (Phi) is 6.27. The van der Waals surface area contributed by atoms with Crippen LogP contribution in [0.5, 0.6) is 0 Å². The number of amides is 1. The summed E-state index contributed by atoms with van der Waals surface area (Å²) in [6.07, 6.45) is -3.02. The van der Waals surface area contributed by atoms with E-state index in [0.717, 1.165) is 17.0 Å². The minimum Gasteiger partial charge on any atom is -0.336 e. The predicted octanol–water partition coefficient (Wildman–Crippen LogP) is 3.00. The highest BCUT2D eigenvalue weighted by atomic mass is 79.9. The Bertz CT molecular complexity index is 442. The normalized spacial score (nSPS) is 10.8. The molecule has 0 spiro atoms. The molecule has 7 heteroatoms. The molecule has 1 aromatic rings. The van der Waals surface area contributed by atoms with Gasteiger partial charge in [-0.25, -0.2) is 17.6 Å². The highest BCUT2D eigenvalue weighted by Crippen LogP contribution is 2.12. The molecule has 1 rings (SSSR count). The van der Waals surface area contributed by atoms with E-state index in [4.69, 9.17) is 0 Å². The first kappa shape index (κ1) is 15.9. The van der Waals surface area contributed by atoms with E-state index >= 15 is 0 Å². The fourth-order valence-corrected chi connectivity index (χ4v) is 1.95. The largest absolute Gasteiger partial charge is 0.336 e. The van der Waals surface area contributed by atoms with E-state index in [0.29, 0.717) is 11.4 Å². The summed E-state index contributed by atoms with van der Waals surface area (Å²) in [5.41, 5.74) is -0.0137. The molecule has 0 aromatic heterocycles. The molecule has 0 saturated heterocycles. The second kappa shape index (κ2) is 7.47. The van der Waals surface area contributed by atoms with Gasteiger partial charge in [0.15, 0.2) is 0 Å². The molecule has 0 fully saturated rings. The number of benzene rings is 1. The van der Waals surface area contributed by atoms with Crippen LogP contribution in [0.25, 0.3) is 0 Å². The van der Waals surface area contributed by atoms with Crippen LogP contribution in [0.15, 0.2) is 18.2 Å². The van der Waals surface area contributed by atoms with E-state index in [9.17, 15) is 22.4 Å². The summed E-state index contributed by atoms with van der Waals surface area (Å²) in [4.78, 5) is 12.7. The highest BCUT2D eigenvalue weighted by Gasteiger charge is 2.19. The molecular formula is C12H12BrF4NO. The van der Waals surface area contributed by atoms with Crippen LogP contribution in [0.1, 0.15) is 5.56 Å². The average molecular weight is 342 g/mol. The molecule has 19 heavy (non-hydrogen) atoms. The van der Waals surface area contributed by atoms with Gasteiger partial charge in [0.25, 0.3) is 6.43 Å². The molecule has 0 aliphatic rings. The summed E-state index contributed by atoms with van der Waals surface area (Å²) >= 11 is 3.06. The summed E-state index contributed by atoms with van der Waals surface area (Å²) in [5, 5.41) is 0.345. The molecule has 0 heterocycles. The first-order valence-corrected chi connectivity index (χ1v) is 6.62. The molecule has 0 N–H and O–H groups in total. The second-order valence-corrected chi connectivity index (χ2v) is 4.63. The van der Waals surface area contributed by atoms with Gasteiger partial charge in [-0.15, -0.1) is 0 Å². The highest BCUT2D eigenvalue weighted by molar-refractivity contribution is 9.09. The van der Waals surface area contributed by atoms with Crippen molar-refractivity contribution >= 4 is 21.8 Å². The van der Waals surface area contributed by atoms with Gasteiger partial charge < -0.3 is 4.90 Å². The van der Waals surface area contributed by atoms with Gasteiger partial charge in [0.1, 0.15) is 11.6 Å². The molecule has 0 aliphatic carbocycles. The molecule has 0 saturated carbocycles. The number of hydrogen-bond acceptors (Lipinski definition) is 1. The summed E-state index contributed by atoms with van der Waals surface area (Å²) in [6.45, 7) is -0.598. The van der Waals surface area contributed by atoms with Gasteiger partial charge in [-0.3, -0.25) is 4.79 Å². The van der Waals surface area contributed by atoms with Gasteiger partial charge >= 0.3 is 0 Å². The van der Waals surface area contributed by atoms with Gasteiger partial charge in [-0.1, -0.05) is 22.0 Å². The van der Waals surface area contributed by atoms with Crippen LogP contribution in [0.3, 0.4) is 0 Å². The van der Waals surface area contributed by atoms with Crippen molar-refractivity contribution in [3.8, 4) is 0 Å². The van der Waals surface area contributed by atoms with Crippen molar-refractivity contribution in [2.24, 2.45) is 0 Å². The minimum absolute atomic E-state index is 0.0137. The summed E-state index contributed by atoms with van der Waals surface area (Å²) in [6, 6.07) is 2.81. The van der Waals surface area contributed by atoms with Crippen molar-refractivity contribution in [3.05, 3.63) is 35.4 Å². The van der Waals surface area contributed by atoms with Crippen LogP contribution >= 0.6 is 15.9 Å². The smallest absolute Gasteiger partial charge is 0.255 e. The Hall–Kier alpha value is -1.11. The lowest BCUT2D eigenvalue weighted by Crippen LogP contribution is -2.37. The maximum Gasteiger partial charge on any atom is 0.255 e. The van der Waals surface area contributed by atoms with E-state index in [1.807, 2.05) is 0 Å². The monoisotopic (exact) mass is 341 g/mol. The fourth-order valence-electron chi connectivity index (χ4n) is 1.53. The summed E-state index contributed by atoms with van der Waals surface area (Å²) in [7, 11) is 0. The number of rotatable bonds is 6. The van der Waals surface area contributed by atoms with E-state index in [-0.39, 0.29) is 18.5 Å². The number of carbonyl (C=O) groups excluding carboxylic acids is 1. The van der Waals surface area contributed by atoms with Gasteiger partial charge in [-0.2, -0.15) is 0 Å². The van der Waals surface area contributed by atoms with Gasteiger partial charge in [0.05, 0.1) is 13.0 Å². The van der Waals surface area contributed by atoms with Crippen LogP contribution in [-0.4, -0.2) is 35.7 Å². The Balaban J connectivity index is 2.75. The summed E-state index contributed by atoms with van der Waals surface area (Å²) in [5.74, 6) is -2.23. The Morgan fingerprint density at radius 3 is 2.53 bits per heavy atom. The fraction of sp³-hybridized carbons (Fsp3) is 0.417. The van der Waals surface area contributed by atoms with Crippen molar-refractivity contribution in [1.29, 1.82) is 0 Å². The quantitative estimate of drug-likeness (QED) is 0.575. The van der Waals surface area contributed by atoms with Crippen LogP contribution in [0, 0.1) is 11.6 Å². The zero-order valence-corrected chi connectivity index (χ0v) is 11.5. The Morgan fingerprint density at radius 1 is 1.32 bits per heavy atom. The third-order valence-electron chi connectivity index (χ3n) is 2.42. The summed E-state index contributed by atoms with van der Waals surface area (Å²) < 4.78 is 50.7. The molecule has 0 unspecified atom stereocenters. The SMILES string of the molecule is O=C(Cc1ccc(F)cc1F)N(CCBr)CC(F)F. The van der Waals surface area contributed by atoms with E-state index in [1.165, 1.54) is 0 Å². The second-order valence-electron chi connectivity index (χ2n) is 3.83. The zero-order chi connectivity index (χ0) is 14.4. The van der Waals surface area contributed by atoms with Crippen LogP contribution in [-0.2, 0) is 11.2 Å². The topological polar surface area (TPSA) is 20.3 Å². The standard InChI is InChI=1S/C12H12BrF4NO/c13-3-4-18(7-11(16)17)12(19)5-8-1-2-9(14)6-10(8)15/h1-2,6,11H,3-5,7H2. The van der Waals surface area contributed by atoms with Crippen molar-refractivity contribution < 1.29 is 22.4 Å². The van der Waals surface area contributed by atoms with Crippen LogP contribution in [0.2, 0.25) is 0 Å². The maximum absolute atomic E-state index is 13.4. The van der Waals surface area contributed by atoms with E-state index in [1.54, 1.807) is 0 Å². The molecule has 0 bridgehead atoms. The minimum atomic E-state index is -2.65. The third-order valence-corrected chi connectivity index (χ3v) is 2.78. The first-order chi connectivity index (χ1) is 8.93. The lowest BCUT2D eigenvalue weighted by Gasteiger charge is -2.21. The van der Waals surface area contributed by atoms with Crippen molar-refractivity contribution in [2.45, 2.75) is 12.8 Å². The number of alkyl halides is 3. The molecule has 2 nitrogen and oxygen atoms in total. The molecule has 106 valence electrons. The lowest BCUT2D eigenvalue weighted by molar-refractivity contribution is -0.132. The van der Waals surface area contributed by atoms with Crippen molar-refractivity contribution in [1.82, 2.24) is 4.90 Å². The number of halogens is 5. The van der Waals surface area contributed by atoms with Gasteiger partial charge in [0, 0.05) is 17.9 Å². The molecule has 0 aliphatic heterocycles. The lowest BCUT2D eigenvalue weighted by atomic mass is 10.1. The third kappa shape index (κ3) is 5.18. The van der Waals surface area contributed by atoms with Crippen LogP contribution < -0.4 is 0 Å². The number of carbonyl (C=O) groups is 1. The van der Waals surface area contributed by atoms with E-state index in [2.05, 4.69) is 15.9 Å². The number of nitrogens with zero attached hydrogens (tertiary/aromatic N) is 1. The van der Waals surface area contributed by atoms with Crippen molar-refractivity contribution in [3.63, 3.8) is 0 Å². The average Bonchev–Trinajstić information content (AvgIpc) is 2.31. The van der Waals surface area contributed by atoms with Gasteiger partial charge in [-0.05, 0) is 11.6 Å². The molecule has 1 aromatic carbocycles. The van der Waals surface area contributed by atoms with Crippen LogP contribution in [0.4, 0.5) is 17.6 Å². The predicted molar refractivity (Wildman–Crippen MR) is 66.4 cm³/mol. The first-order valence-electron chi connectivity index (χ1n) is 5.50. The molecular weight excluding hydrogens is 330 g/mol. The van der Waals surface area contributed by atoms with Crippen molar-refractivity contribution in [2.75, 3.05) is 18.4 Å². The molecule has 0 atom stereocenters. The van der Waals surface area contributed by atoms with E-state index < -0.39 is 30.5 Å².